The molecular formula is C15H20N4O. The van der Waals surface area contributed by atoms with E-state index in [1.807, 2.05) is 23.1 Å². The zero-order valence-electron chi connectivity index (χ0n) is 12.1. The van der Waals surface area contributed by atoms with Crippen molar-refractivity contribution < 1.29 is 5.11 Å². The second kappa shape index (κ2) is 4.59. The molecule has 1 aliphatic rings. The van der Waals surface area contributed by atoms with Crippen LogP contribution in [-0.2, 0) is 5.54 Å². The lowest BCUT2D eigenvalue weighted by atomic mass is 10.1. The van der Waals surface area contributed by atoms with E-state index in [4.69, 9.17) is 0 Å². The fraction of sp³-hybridized carbons (Fsp3) is 0.467. The molecule has 2 aromatic rings. The molecule has 1 N–H and O–H groups in total. The first-order valence-electron chi connectivity index (χ1n) is 6.88. The molecule has 0 atom stereocenters. The van der Waals surface area contributed by atoms with Gasteiger partial charge in [-0.3, -0.25) is 4.68 Å². The van der Waals surface area contributed by atoms with Crippen LogP contribution in [0.2, 0.25) is 0 Å². The van der Waals surface area contributed by atoms with Crippen molar-refractivity contribution >= 4 is 5.82 Å². The number of pyridine rings is 1. The molecule has 0 radical (unpaired) electrons. The van der Waals surface area contributed by atoms with Gasteiger partial charge in [-0.1, -0.05) is 0 Å². The van der Waals surface area contributed by atoms with Gasteiger partial charge in [-0.2, -0.15) is 5.10 Å². The summed E-state index contributed by atoms with van der Waals surface area (Å²) in [7, 11) is 0. The zero-order valence-corrected chi connectivity index (χ0v) is 12.1. The van der Waals surface area contributed by atoms with E-state index < -0.39 is 0 Å². The van der Waals surface area contributed by atoms with Crippen molar-refractivity contribution in [3.8, 4) is 11.1 Å². The van der Waals surface area contributed by atoms with E-state index in [0.29, 0.717) is 13.1 Å². The minimum Gasteiger partial charge on any atom is -0.389 e. The summed E-state index contributed by atoms with van der Waals surface area (Å²) in [6.07, 6.45) is 5.53. The average molecular weight is 272 g/mol. The van der Waals surface area contributed by atoms with Gasteiger partial charge < -0.3 is 10.0 Å². The van der Waals surface area contributed by atoms with Crippen molar-refractivity contribution in [3.05, 3.63) is 30.7 Å². The smallest absolute Gasteiger partial charge is 0.129 e. The van der Waals surface area contributed by atoms with Crippen LogP contribution in [0.25, 0.3) is 11.1 Å². The van der Waals surface area contributed by atoms with Crippen LogP contribution in [0.15, 0.2) is 30.7 Å². The number of aliphatic hydroxyl groups is 1. The summed E-state index contributed by atoms with van der Waals surface area (Å²) in [5, 5.41) is 13.8. The van der Waals surface area contributed by atoms with Gasteiger partial charge in [0.15, 0.2) is 0 Å². The Morgan fingerprint density at radius 2 is 2.00 bits per heavy atom. The van der Waals surface area contributed by atoms with Crippen LogP contribution in [-0.4, -0.2) is 39.1 Å². The van der Waals surface area contributed by atoms with Crippen LogP contribution >= 0.6 is 0 Å². The summed E-state index contributed by atoms with van der Waals surface area (Å²) in [6.45, 7) is 7.71. The topological polar surface area (TPSA) is 54.2 Å². The van der Waals surface area contributed by atoms with Crippen LogP contribution < -0.4 is 4.90 Å². The Balaban J connectivity index is 1.87. The van der Waals surface area contributed by atoms with E-state index in [2.05, 4.69) is 48.0 Å². The summed E-state index contributed by atoms with van der Waals surface area (Å²) >= 11 is 0. The standard InChI is InChI=1S/C15H20N4O/c1-15(2,3)19-8-12(7-17-19)11-4-5-16-14(6-11)18-9-13(20)10-18/h4-8,13,20H,9-10H2,1-3H3. The lowest BCUT2D eigenvalue weighted by molar-refractivity contribution is 0.141. The molecule has 0 spiro atoms. The molecule has 0 saturated carbocycles. The largest absolute Gasteiger partial charge is 0.389 e. The maximum absolute atomic E-state index is 9.38. The normalized spacial score (nSPS) is 16.3. The monoisotopic (exact) mass is 272 g/mol. The highest BCUT2D eigenvalue weighted by atomic mass is 16.3. The molecule has 0 unspecified atom stereocenters. The molecular weight excluding hydrogens is 252 g/mol. The van der Waals surface area contributed by atoms with Gasteiger partial charge >= 0.3 is 0 Å². The molecule has 1 saturated heterocycles. The van der Waals surface area contributed by atoms with Gasteiger partial charge in [-0.05, 0) is 38.5 Å². The molecule has 20 heavy (non-hydrogen) atoms. The first kappa shape index (κ1) is 13.1. The Labute approximate surface area is 118 Å². The van der Waals surface area contributed by atoms with Crippen LogP contribution in [0, 0.1) is 0 Å². The van der Waals surface area contributed by atoms with Crippen molar-refractivity contribution in [2.24, 2.45) is 0 Å². The molecule has 1 fully saturated rings. The molecule has 106 valence electrons. The van der Waals surface area contributed by atoms with Gasteiger partial charge in [0.05, 0.1) is 17.8 Å². The second-order valence-electron chi connectivity index (χ2n) is 6.31. The molecule has 2 aromatic heterocycles. The minimum absolute atomic E-state index is 0.0182. The Kier molecular flexibility index (Phi) is 3.01. The van der Waals surface area contributed by atoms with E-state index in [1.165, 1.54) is 0 Å². The van der Waals surface area contributed by atoms with Gasteiger partial charge in [0, 0.05) is 31.0 Å². The van der Waals surface area contributed by atoms with Crippen molar-refractivity contribution in [2.45, 2.75) is 32.4 Å². The highest BCUT2D eigenvalue weighted by Crippen LogP contribution is 2.26. The van der Waals surface area contributed by atoms with E-state index >= 15 is 0 Å². The maximum Gasteiger partial charge on any atom is 0.129 e. The lowest BCUT2D eigenvalue weighted by Crippen LogP contribution is -2.51. The molecule has 0 aliphatic carbocycles. The third kappa shape index (κ3) is 2.41. The molecule has 5 heteroatoms. The fourth-order valence-electron chi connectivity index (χ4n) is 2.25. The predicted molar refractivity (Wildman–Crippen MR) is 78.7 cm³/mol. The lowest BCUT2D eigenvalue weighted by Gasteiger charge is -2.36. The number of aromatic nitrogens is 3. The first-order chi connectivity index (χ1) is 9.43. The number of nitrogens with zero attached hydrogens (tertiary/aromatic N) is 4. The van der Waals surface area contributed by atoms with Crippen LogP contribution in [0.4, 0.5) is 5.82 Å². The number of rotatable bonds is 2. The number of aliphatic hydroxyl groups excluding tert-OH is 1. The SMILES string of the molecule is CC(C)(C)n1cc(-c2ccnc(N3CC(O)C3)c2)cn1. The molecule has 0 aromatic carbocycles. The van der Waals surface area contributed by atoms with Crippen LogP contribution in [0.5, 0.6) is 0 Å². The quantitative estimate of drug-likeness (QED) is 0.907. The molecule has 1 aliphatic heterocycles. The Morgan fingerprint density at radius 3 is 2.60 bits per heavy atom. The van der Waals surface area contributed by atoms with Gasteiger partial charge in [0.25, 0.3) is 0 Å². The number of hydrogen-bond acceptors (Lipinski definition) is 4. The third-order valence-corrected chi connectivity index (χ3v) is 3.53. The van der Waals surface area contributed by atoms with E-state index in [9.17, 15) is 5.11 Å². The minimum atomic E-state index is -0.218. The molecule has 0 bridgehead atoms. The summed E-state index contributed by atoms with van der Waals surface area (Å²) < 4.78 is 1.97. The molecule has 0 amide bonds. The summed E-state index contributed by atoms with van der Waals surface area (Å²) in [6, 6.07) is 4.04. The number of anilines is 1. The summed E-state index contributed by atoms with van der Waals surface area (Å²) in [4.78, 5) is 6.44. The molecule has 3 heterocycles. The van der Waals surface area contributed by atoms with Crippen LogP contribution in [0.1, 0.15) is 20.8 Å². The Bertz CT molecular complexity index is 608. The molecule has 5 nitrogen and oxygen atoms in total. The maximum atomic E-state index is 9.38. The zero-order chi connectivity index (χ0) is 14.3. The van der Waals surface area contributed by atoms with E-state index in [1.54, 1.807) is 0 Å². The van der Waals surface area contributed by atoms with Gasteiger partial charge in [-0.15, -0.1) is 0 Å². The van der Waals surface area contributed by atoms with Crippen LogP contribution in [0.3, 0.4) is 0 Å². The van der Waals surface area contributed by atoms with Gasteiger partial charge in [0.2, 0.25) is 0 Å². The van der Waals surface area contributed by atoms with Crippen molar-refractivity contribution in [3.63, 3.8) is 0 Å². The van der Waals surface area contributed by atoms with Crippen molar-refractivity contribution in [2.75, 3.05) is 18.0 Å². The molecule has 3 rings (SSSR count). The highest BCUT2D eigenvalue weighted by Gasteiger charge is 2.25. The number of β-amino-alcohol motifs (C(OH)–C–C–N with tert-alkyl or cyclic N) is 1. The second-order valence-corrected chi connectivity index (χ2v) is 6.31. The van der Waals surface area contributed by atoms with Gasteiger partial charge in [-0.25, -0.2) is 4.98 Å². The van der Waals surface area contributed by atoms with E-state index in [-0.39, 0.29) is 11.6 Å². The summed E-state index contributed by atoms with van der Waals surface area (Å²) in [5.74, 6) is 0.913. The van der Waals surface area contributed by atoms with Crippen molar-refractivity contribution in [1.82, 2.24) is 14.8 Å². The summed E-state index contributed by atoms with van der Waals surface area (Å²) in [5.41, 5.74) is 2.17. The van der Waals surface area contributed by atoms with E-state index in [0.717, 1.165) is 16.9 Å². The third-order valence-electron chi connectivity index (χ3n) is 3.53. The van der Waals surface area contributed by atoms with Gasteiger partial charge in [0.1, 0.15) is 5.82 Å². The number of hydrogen-bond donors (Lipinski definition) is 1. The Hall–Kier alpha value is -1.88. The Morgan fingerprint density at radius 1 is 1.25 bits per heavy atom. The van der Waals surface area contributed by atoms with Crippen molar-refractivity contribution in [1.29, 1.82) is 0 Å². The first-order valence-corrected chi connectivity index (χ1v) is 6.88. The average Bonchev–Trinajstić information content (AvgIpc) is 2.84. The highest BCUT2D eigenvalue weighted by molar-refractivity contribution is 5.65. The fourth-order valence-corrected chi connectivity index (χ4v) is 2.25. The predicted octanol–water partition coefficient (Wildman–Crippen LogP) is 1.88.